The molecule has 0 heterocycles. The zero-order chi connectivity index (χ0) is 10.9. The van der Waals surface area contributed by atoms with E-state index >= 15 is 0 Å². The molecule has 81 valence electrons. The third kappa shape index (κ3) is 4.78. The third-order valence-electron chi connectivity index (χ3n) is 2.62. The van der Waals surface area contributed by atoms with E-state index in [0.717, 1.165) is 12.0 Å². The molecule has 0 aliphatic carbocycles. The summed E-state index contributed by atoms with van der Waals surface area (Å²) < 4.78 is 0. The Morgan fingerprint density at radius 3 is 2.27 bits per heavy atom. The van der Waals surface area contributed by atoms with Crippen LogP contribution in [0.5, 0.6) is 0 Å². The van der Waals surface area contributed by atoms with E-state index in [1.807, 2.05) is 18.4 Å². The van der Waals surface area contributed by atoms with Crippen molar-refractivity contribution in [3.8, 4) is 0 Å². The molecule has 0 bridgehead atoms. The molecular weight excluding hydrogens is 184 g/mol. The molecule has 0 aromatic heterocycles. The summed E-state index contributed by atoms with van der Waals surface area (Å²) in [7, 11) is 0. The van der Waals surface area contributed by atoms with Crippen molar-refractivity contribution < 1.29 is 4.79 Å². The predicted octanol–water partition coefficient (Wildman–Crippen LogP) is 3.46. The van der Waals surface area contributed by atoms with Crippen molar-refractivity contribution in [2.24, 2.45) is 0 Å². The molecule has 0 saturated heterocycles. The fourth-order valence-corrected chi connectivity index (χ4v) is 1.66. The largest absolute Gasteiger partial charge is 0.291 e. The van der Waals surface area contributed by atoms with Gasteiger partial charge in [-0.15, -0.1) is 0 Å². The lowest BCUT2D eigenvalue weighted by Gasteiger charge is -2.02. The molecule has 1 nitrogen and oxygen atoms in total. The van der Waals surface area contributed by atoms with Crippen LogP contribution in [0.4, 0.5) is 0 Å². The Morgan fingerprint density at radius 1 is 1.00 bits per heavy atom. The average Bonchev–Trinajstić information content (AvgIpc) is 2.27. The number of benzene rings is 1. The number of carbonyl (C=O) groups excluding carboxylic acids is 1. The van der Waals surface area contributed by atoms with E-state index in [1.165, 1.54) is 31.2 Å². The second kappa shape index (κ2) is 7.22. The van der Waals surface area contributed by atoms with Gasteiger partial charge in [0.15, 0.2) is 0 Å². The minimum Gasteiger partial charge on any atom is -0.291 e. The van der Waals surface area contributed by atoms with Crippen molar-refractivity contribution in [1.29, 1.82) is 0 Å². The average molecular weight is 203 g/mol. The van der Waals surface area contributed by atoms with E-state index in [0.29, 0.717) is 6.42 Å². The highest BCUT2D eigenvalue weighted by atomic mass is 16.1. The molecule has 0 amide bonds. The van der Waals surface area contributed by atoms with Crippen LogP contribution in [0, 0.1) is 0 Å². The first-order valence-corrected chi connectivity index (χ1v) is 5.79. The molecule has 0 aliphatic rings. The Bertz CT molecular complexity index is 274. The lowest BCUT2D eigenvalue weighted by Crippen LogP contribution is -1.89. The smallest absolute Gasteiger partial charge is 0.203 e. The SMILES string of the molecule is CCCCCCc1ccc(C[C]=O)cc1. The minimum atomic E-state index is 0.413. The van der Waals surface area contributed by atoms with Gasteiger partial charge in [-0.2, -0.15) is 0 Å². The van der Waals surface area contributed by atoms with E-state index in [2.05, 4.69) is 19.1 Å². The van der Waals surface area contributed by atoms with Gasteiger partial charge in [0.2, 0.25) is 6.29 Å². The van der Waals surface area contributed by atoms with Gasteiger partial charge in [0.25, 0.3) is 0 Å². The topological polar surface area (TPSA) is 17.1 Å². The van der Waals surface area contributed by atoms with Crippen molar-refractivity contribution in [2.45, 2.75) is 45.4 Å². The minimum absolute atomic E-state index is 0.413. The normalized spacial score (nSPS) is 10.2. The van der Waals surface area contributed by atoms with Crippen LogP contribution in [0.1, 0.15) is 43.7 Å². The molecule has 0 saturated carbocycles. The van der Waals surface area contributed by atoms with E-state index in [-0.39, 0.29) is 0 Å². The van der Waals surface area contributed by atoms with E-state index in [9.17, 15) is 4.79 Å². The molecule has 0 unspecified atom stereocenters. The predicted molar refractivity (Wildman–Crippen MR) is 63.7 cm³/mol. The zero-order valence-corrected chi connectivity index (χ0v) is 9.46. The van der Waals surface area contributed by atoms with E-state index in [1.54, 1.807) is 0 Å². The number of rotatable bonds is 7. The summed E-state index contributed by atoms with van der Waals surface area (Å²) in [4.78, 5) is 10.2. The van der Waals surface area contributed by atoms with Gasteiger partial charge in [-0.05, 0) is 24.0 Å². The summed E-state index contributed by atoms with van der Waals surface area (Å²) >= 11 is 0. The fourth-order valence-electron chi connectivity index (χ4n) is 1.66. The monoisotopic (exact) mass is 203 g/mol. The maximum absolute atomic E-state index is 10.2. The van der Waals surface area contributed by atoms with Gasteiger partial charge in [-0.3, -0.25) is 4.79 Å². The highest BCUT2D eigenvalue weighted by molar-refractivity contribution is 5.55. The molecule has 1 radical (unpaired) electrons. The van der Waals surface area contributed by atoms with E-state index in [4.69, 9.17) is 0 Å². The Balaban J connectivity index is 2.32. The highest BCUT2D eigenvalue weighted by Crippen LogP contribution is 2.09. The van der Waals surface area contributed by atoms with Crippen molar-refractivity contribution in [1.82, 2.24) is 0 Å². The van der Waals surface area contributed by atoms with Crippen molar-refractivity contribution in [2.75, 3.05) is 0 Å². The number of aryl methyl sites for hydroxylation is 1. The van der Waals surface area contributed by atoms with Crippen molar-refractivity contribution in [3.63, 3.8) is 0 Å². The maximum atomic E-state index is 10.2. The summed E-state index contributed by atoms with van der Waals surface area (Å²) in [5.74, 6) is 0. The molecule has 1 aromatic carbocycles. The van der Waals surface area contributed by atoms with Crippen LogP contribution in [0.15, 0.2) is 24.3 Å². The Hall–Kier alpha value is -1.11. The van der Waals surface area contributed by atoms with Gasteiger partial charge in [0.05, 0.1) is 0 Å². The van der Waals surface area contributed by atoms with Gasteiger partial charge in [0, 0.05) is 6.42 Å². The molecule has 0 N–H and O–H groups in total. The summed E-state index contributed by atoms with van der Waals surface area (Å²) in [6.07, 6.45) is 8.69. The van der Waals surface area contributed by atoms with Crippen LogP contribution < -0.4 is 0 Å². The van der Waals surface area contributed by atoms with Crippen LogP contribution in [-0.4, -0.2) is 6.29 Å². The molecule has 1 rings (SSSR count). The lowest BCUT2D eigenvalue weighted by atomic mass is 10.0. The first kappa shape index (κ1) is 12.0. The highest BCUT2D eigenvalue weighted by Gasteiger charge is 1.95. The van der Waals surface area contributed by atoms with Gasteiger partial charge < -0.3 is 0 Å². The van der Waals surface area contributed by atoms with Gasteiger partial charge in [-0.1, -0.05) is 50.5 Å². The molecule has 0 fully saturated rings. The second-order valence-corrected chi connectivity index (χ2v) is 3.95. The summed E-state index contributed by atoms with van der Waals surface area (Å²) in [5.41, 5.74) is 2.43. The van der Waals surface area contributed by atoms with Crippen LogP contribution in [0.3, 0.4) is 0 Å². The molecule has 0 spiro atoms. The molecular formula is C14H19O. The van der Waals surface area contributed by atoms with Crippen molar-refractivity contribution >= 4 is 6.29 Å². The van der Waals surface area contributed by atoms with Gasteiger partial charge >= 0.3 is 0 Å². The zero-order valence-electron chi connectivity index (χ0n) is 9.46. The van der Waals surface area contributed by atoms with E-state index < -0.39 is 0 Å². The third-order valence-corrected chi connectivity index (χ3v) is 2.62. The standard InChI is InChI=1S/C14H19O/c1-2-3-4-5-6-13-7-9-14(10-8-13)11-12-15/h7-10H,2-6,11H2,1H3. The van der Waals surface area contributed by atoms with Gasteiger partial charge in [0.1, 0.15) is 0 Å². The molecule has 0 atom stereocenters. The quantitative estimate of drug-likeness (QED) is 0.620. The Labute approximate surface area is 92.5 Å². The van der Waals surface area contributed by atoms with Crippen molar-refractivity contribution in [3.05, 3.63) is 35.4 Å². The molecule has 15 heavy (non-hydrogen) atoms. The van der Waals surface area contributed by atoms with Crippen LogP contribution in [0.25, 0.3) is 0 Å². The van der Waals surface area contributed by atoms with Gasteiger partial charge in [-0.25, -0.2) is 0 Å². The molecule has 1 aromatic rings. The summed E-state index contributed by atoms with van der Waals surface area (Å²) in [6.45, 7) is 2.23. The van der Waals surface area contributed by atoms with Crippen LogP contribution in [0.2, 0.25) is 0 Å². The Kier molecular flexibility index (Phi) is 5.76. The lowest BCUT2D eigenvalue weighted by molar-refractivity contribution is 0.555. The van der Waals surface area contributed by atoms with Crippen LogP contribution in [-0.2, 0) is 17.6 Å². The maximum Gasteiger partial charge on any atom is 0.203 e. The number of hydrogen-bond donors (Lipinski definition) is 0. The van der Waals surface area contributed by atoms with Crippen LogP contribution >= 0.6 is 0 Å². The number of hydrogen-bond acceptors (Lipinski definition) is 1. The fraction of sp³-hybridized carbons (Fsp3) is 0.500. The number of unbranched alkanes of at least 4 members (excludes halogenated alkanes) is 3. The summed E-state index contributed by atoms with van der Waals surface area (Å²) in [5, 5.41) is 0. The first-order chi connectivity index (χ1) is 7.36. The second-order valence-electron chi connectivity index (χ2n) is 3.95. The molecule has 1 heteroatoms. The molecule has 0 aliphatic heterocycles. The first-order valence-electron chi connectivity index (χ1n) is 5.79. The Morgan fingerprint density at radius 2 is 1.67 bits per heavy atom. The summed E-state index contributed by atoms with van der Waals surface area (Å²) in [6, 6.07) is 8.30.